The van der Waals surface area contributed by atoms with E-state index in [4.69, 9.17) is 14.2 Å². The highest BCUT2D eigenvalue weighted by Crippen LogP contribution is 2.29. The number of cyclic esters (lactones) is 1. The summed E-state index contributed by atoms with van der Waals surface area (Å²) in [6, 6.07) is 0. The highest BCUT2D eigenvalue weighted by molar-refractivity contribution is 5.84. The number of ether oxygens (including phenoxy) is 3. The van der Waals surface area contributed by atoms with Gasteiger partial charge >= 0.3 is 11.9 Å². The van der Waals surface area contributed by atoms with Gasteiger partial charge in [0.2, 0.25) is 6.10 Å². The summed E-state index contributed by atoms with van der Waals surface area (Å²) in [5.41, 5.74) is -1.82. The van der Waals surface area contributed by atoms with Crippen LogP contribution in [0.15, 0.2) is 0 Å². The van der Waals surface area contributed by atoms with Gasteiger partial charge < -0.3 is 19.3 Å². The van der Waals surface area contributed by atoms with E-state index in [1.807, 2.05) is 20.8 Å². The van der Waals surface area contributed by atoms with Crippen LogP contribution in [0.3, 0.4) is 0 Å². The van der Waals surface area contributed by atoms with E-state index >= 15 is 0 Å². The maximum Gasteiger partial charge on any atom is 0.347 e. The third-order valence-electron chi connectivity index (χ3n) is 3.61. The molecule has 1 saturated heterocycles. The minimum Gasteiger partial charge on any atom is -0.463 e. The average molecular weight is 288 g/mol. The number of hydrogen-bond donors (Lipinski definition) is 1. The third-order valence-corrected chi connectivity index (χ3v) is 3.61. The summed E-state index contributed by atoms with van der Waals surface area (Å²) in [6.07, 6.45) is -0.940. The SMILES string of the molecule is CCC(C)(C)C(O)OC(C)(C)C(=O)OC1CCOC1=O. The van der Waals surface area contributed by atoms with E-state index in [9.17, 15) is 14.7 Å². The minimum absolute atomic E-state index is 0.254. The molecule has 1 rings (SSSR count). The summed E-state index contributed by atoms with van der Waals surface area (Å²) in [5.74, 6) is -1.23. The molecule has 0 spiro atoms. The molecule has 0 bridgehead atoms. The monoisotopic (exact) mass is 288 g/mol. The molecule has 0 aromatic rings. The summed E-state index contributed by atoms with van der Waals surface area (Å²) in [7, 11) is 0. The van der Waals surface area contributed by atoms with Crippen molar-refractivity contribution in [2.75, 3.05) is 6.61 Å². The van der Waals surface area contributed by atoms with E-state index < -0.39 is 35.3 Å². The van der Waals surface area contributed by atoms with Gasteiger partial charge in [0.1, 0.15) is 0 Å². The number of aliphatic hydroxyl groups excluding tert-OH is 1. The zero-order valence-corrected chi connectivity index (χ0v) is 12.8. The third kappa shape index (κ3) is 3.93. The van der Waals surface area contributed by atoms with E-state index in [2.05, 4.69) is 0 Å². The fourth-order valence-electron chi connectivity index (χ4n) is 1.52. The first kappa shape index (κ1) is 16.9. The van der Waals surface area contributed by atoms with Crippen molar-refractivity contribution in [1.82, 2.24) is 0 Å². The van der Waals surface area contributed by atoms with E-state index in [0.717, 1.165) is 0 Å². The predicted molar refractivity (Wildman–Crippen MR) is 70.7 cm³/mol. The van der Waals surface area contributed by atoms with Crippen LogP contribution in [0, 0.1) is 5.41 Å². The number of aliphatic hydroxyl groups is 1. The van der Waals surface area contributed by atoms with Crippen LogP contribution in [0.2, 0.25) is 0 Å². The smallest absolute Gasteiger partial charge is 0.347 e. The Morgan fingerprint density at radius 3 is 2.50 bits per heavy atom. The zero-order chi connectivity index (χ0) is 15.6. The Morgan fingerprint density at radius 1 is 1.45 bits per heavy atom. The summed E-state index contributed by atoms with van der Waals surface area (Å²) in [4.78, 5) is 23.3. The molecule has 0 aliphatic carbocycles. The molecular weight excluding hydrogens is 264 g/mol. The van der Waals surface area contributed by atoms with E-state index in [1.54, 1.807) is 0 Å². The second-order valence-electron chi connectivity index (χ2n) is 6.17. The van der Waals surface area contributed by atoms with Crippen molar-refractivity contribution in [2.24, 2.45) is 5.41 Å². The maximum atomic E-state index is 12.1. The number of esters is 2. The van der Waals surface area contributed by atoms with Gasteiger partial charge in [-0.2, -0.15) is 0 Å². The van der Waals surface area contributed by atoms with Crippen LogP contribution in [0.5, 0.6) is 0 Å². The largest absolute Gasteiger partial charge is 0.463 e. The Morgan fingerprint density at radius 2 is 2.05 bits per heavy atom. The van der Waals surface area contributed by atoms with Crippen LogP contribution in [0.1, 0.15) is 47.5 Å². The maximum absolute atomic E-state index is 12.1. The summed E-state index contributed by atoms with van der Waals surface area (Å²) < 4.78 is 15.2. The lowest BCUT2D eigenvalue weighted by Gasteiger charge is -2.34. The second-order valence-corrected chi connectivity index (χ2v) is 6.17. The van der Waals surface area contributed by atoms with Gasteiger partial charge in [-0.25, -0.2) is 9.59 Å². The van der Waals surface area contributed by atoms with Crippen LogP contribution in [-0.2, 0) is 23.8 Å². The van der Waals surface area contributed by atoms with Gasteiger partial charge in [0.15, 0.2) is 11.9 Å². The van der Waals surface area contributed by atoms with Gasteiger partial charge in [-0.3, -0.25) is 0 Å². The Balaban J connectivity index is 2.63. The normalized spacial score (nSPS) is 21.5. The standard InChI is InChI=1S/C14H24O6/c1-6-13(2,3)11(16)20-14(4,5)12(17)19-9-7-8-18-10(9)15/h9,11,16H,6-8H2,1-5H3. The van der Waals surface area contributed by atoms with Gasteiger partial charge in [-0.15, -0.1) is 0 Å². The zero-order valence-electron chi connectivity index (χ0n) is 12.8. The van der Waals surface area contributed by atoms with Crippen LogP contribution in [-0.4, -0.2) is 41.6 Å². The van der Waals surface area contributed by atoms with Crippen molar-refractivity contribution in [3.8, 4) is 0 Å². The first-order chi connectivity index (χ1) is 9.10. The molecule has 0 saturated carbocycles. The van der Waals surface area contributed by atoms with Crippen molar-refractivity contribution in [3.63, 3.8) is 0 Å². The summed E-state index contributed by atoms with van der Waals surface area (Å²) in [5, 5.41) is 10.1. The lowest BCUT2D eigenvalue weighted by atomic mass is 9.89. The van der Waals surface area contributed by atoms with E-state index in [0.29, 0.717) is 12.8 Å². The van der Waals surface area contributed by atoms with Crippen molar-refractivity contribution in [1.29, 1.82) is 0 Å². The van der Waals surface area contributed by atoms with Crippen LogP contribution < -0.4 is 0 Å². The molecule has 1 aliphatic heterocycles. The highest BCUT2D eigenvalue weighted by atomic mass is 16.7. The molecule has 0 radical (unpaired) electrons. The van der Waals surface area contributed by atoms with Gasteiger partial charge in [0, 0.05) is 11.8 Å². The topological polar surface area (TPSA) is 82.1 Å². The molecule has 116 valence electrons. The van der Waals surface area contributed by atoms with E-state index in [-0.39, 0.29) is 6.61 Å². The van der Waals surface area contributed by atoms with Gasteiger partial charge in [-0.05, 0) is 20.3 Å². The molecule has 1 aliphatic rings. The predicted octanol–water partition coefficient (Wildman–Crippen LogP) is 1.39. The number of carbonyl (C=O) groups is 2. The molecule has 2 unspecified atom stereocenters. The fraction of sp³-hybridized carbons (Fsp3) is 0.857. The molecule has 2 atom stereocenters. The lowest BCUT2D eigenvalue weighted by Crippen LogP contribution is -2.46. The average Bonchev–Trinajstić information content (AvgIpc) is 2.74. The quantitative estimate of drug-likeness (QED) is 0.587. The van der Waals surface area contributed by atoms with Crippen molar-refractivity contribution in [3.05, 3.63) is 0 Å². The first-order valence-corrected chi connectivity index (χ1v) is 6.84. The first-order valence-electron chi connectivity index (χ1n) is 6.84. The molecule has 6 heteroatoms. The Bertz CT molecular complexity index is 374. The number of hydrogen-bond acceptors (Lipinski definition) is 6. The summed E-state index contributed by atoms with van der Waals surface area (Å²) >= 11 is 0. The molecule has 1 heterocycles. The molecule has 0 aromatic heterocycles. The van der Waals surface area contributed by atoms with Crippen LogP contribution in [0.25, 0.3) is 0 Å². The van der Waals surface area contributed by atoms with Crippen molar-refractivity contribution < 1.29 is 28.9 Å². The molecule has 1 N–H and O–H groups in total. The van der Waals surface area contributed by atoms with Crippen molar-refractivity contribution in [2.45, 2.75) is 65.5 Å². The van der Waals surface area contributed by atoms with Crippen LogP contribution in [0.4, 0.5) is 0 Å². The number of carbonyl (C=O) groups excluding carboxylic acids is 2. The lowest BCUT2D eigenvalue weighted by molar-refractivity contribution is -0.233. The second kappa shape index (κ2) is 6.10. The molecular formula is C14H24O6. The molecule has 20 heavy (non-hydrogen) atoms. The molecule has 6 nitrogen and oxygen atoms in total. The molecule has 0 amide bonds. The minimum atomic E-state index is -1.34. The fourth-order valence-corrected chi connectivity index (χ4v) is 1.52. The van der Waals surface area contributed by atoms with Gasteiger partial charge in [0.25, 0.3) is 0 Å². The van der Waals surface area contributed by atoms with Gasteiger partial charge in [-0.1, -0.05) is 20.8 Å². The highest BCUT2D eigenvalue weighted by Gasteiger charge is 2.41. The Labute approximate surface area is 119 Å². The molecule has 1 fully saturated rings. The van der Waals surface area contributed by atoms with Crippen molar-refractivity contribution >= 4 is 11.9 Å². The van der Waals surface area contributed by atoms with E-state index in [1.165, 1.54) is 13.8 Å². The Kier molecular flexibility index (Phi) is 5.15. The van der Waals surface area contributed by atoms with Gasteiger partial charge in [0.05, 0.1) is 6.61 Å². The summed E-state index contributed by atoms with van der Waals surface area (Å²) in [6.45, 7) is 8.87. The van der Waals surface area contributed by atoms with Crippen LogP contribution >= 0.6 is 0 Å². The Hall–Kier alpha value is -1.14. The molecule has 0 aromatic carbocycles. The number of rotatable bonds is 6.